The van der Waals surface area contributed by atoms with Gasteiger partial charge in [-0.1, -0.05) is 22.8 Å². The minimum atomic E-state index is -4.26. The summed E-state index contributed by atoms with van der Waals surface area (Å²) in [5, 5.41) is -0.226. The Bertz CT molecular complexity index is 770. The first-order valence-corrected chi connectivity index (χ1v) is 8.85. The quantitative estimate of drug-likeness (QED) is 0.810. The molecule has 2 aromatic rings. The molecule has 0 aliphatic carbocycles. The van der Waals surface area contributed by atoms with Crippen molar-refractivity contribution in [1.82, 2.24) is 4.98 Å². The largest absolute Gasteiger partial charge is 0.429 e. The number of nitrogens with zero attached hydrogens (tertiary/aromatic N) is 2. The van der Waals surface area contributed by atoms with Crippen LogP contribution in [0.1, 0.15) is 6.92 Å². The first kappa shape index (κ1) is 13.3. The second-order valence-corrected chi connectivity index (χ2v) is 8.16. The summed E-state index contributed by atoms with van der Waals surface area (Å²) in [4.78, 5) is 3.98. The molecular formula is C9H9ClN2O4S2. The molecule has 1 aromatic carbocycles. The molecule has 98 valence electrons. The van der Waals surface area contributed by atoms with Crippen LogP contribution in [-0.2, 0) is 19.0 Å². The van der Waals surface area contributed by atoms with E-state index in [1.807, 2.05) is 0 Å². The van der Waals surface area contributed by atoms with Crippen molar-refractivity contribution in [3.05, 3.63) is 24.3 Å². The van der Waals surface area contributed by atoms with Crippen LogP contribution in [-0.4, -0.2) is 23.4 Å². The first-order chi connectivity index (χ1) is 8.34. The standard InChI is InChI=1S/C9H9ClN2O4S2/c1-2-17(13,12-18(10,14)15)9-11-7-5-3-4-6-8(7)16-9/h3-6H,2H2,1H3. The van der Waals surface area contributed by atoms with Crippen LogP contribution in [0.4, 0.5) is 0 Å². The number of hydrogen-bond acceptors (Lipinski definition) is 5. The molecule has 1 aromatic heterocycles. The lowest BCUT2D eigenvalue weighted by molar-refractivity contribution is 0.475. The number of hydrogen-bond donors (Lipinski definition) is 0. The number of halogens is 1. The van der Waals surface area contributed by atoms with Gasteiger partial charge in [0.05, 0.1) is 0 Å². The third-order valence-electron chi connectivity index (χ3n) is 2.15. The lowest BCUT2D eigenvalue weighted by Crippen LogP contribution is -2.06. The van der Waals surface area contributed by atoms with Gasteiger partial charge in [0.1, 0.15) is 15.2 Å². The summed E-state index contributed by atoms with van der Waals surface area (Å²) in [6, 6.07) is 6.75. The van der Waals surface area contributed by atoms with Crippen molar-refractivity contribution in [2.45, 2.75) is 12.1 Å². The molecule has 2 rings (SSSR count). The molecule has 18 heavy (non-hydrogen) atoms. The van der Waals surface area contributed by atoms with E-state index in [-0.39, 0.29) is 11.0 Å². The van der Waals surface area contributed by atoms with Gasteiger partial charge in [-0.25, -0.2) is 9.19 Å². The average Bonchev–Trinajstić information content (AvgIpc) is 2.70. The molecule has 0 amide bonds. The summed E-state index contributed by atoms with van der Waals surface area (Å²) in [5.41, 5.74) is 0.895. The number of para-hydroxylation sites is 2. The highest BCUT2D eigenvalue weighted by Gasteiger charge is 2.21. The summed E-state index contributed by atoms with van der Waals surface area (Å²) < 4.78 is 42.6. The number of benzene rings is 1. The van der Waals surface area contributed by atoms with E-state index in [0.29, 0.717) is 11.1 Å². The number of rotatable bonds is 3. The Morgan fingerprint density at radius 2 is 2.00 bits per heavy atom. The Morgan fingerprint density at radius 3 is 2.56 bits per heavy atom. The minimum Gasteiger partial charge on any atom is -0.429 e. The van der Waals surface area contributed by atoms with Crippen molar-refractivity contribution in [3.8, 4) is 0 Å². The van der Waals surface area contributed by atoms with Gasteiger partial charge in [0.2, 0.25) is 0 Å². The second kappa shape index (κ2) is 4.52. The Hall–Kier alpha value is -1.12. The van der Waals surface area contributed by atoms with Gasteiger partial charge < -0.3 is 4.42 Å². The monoisotopic (exact) mass is 308 g/mol. The number of fused-ring (bicyclic) bond motifs is 1. The molecule has 1 unspecified atom stereocenters. The summed E-state index contributed by atoms with van der Waals surface area (Å²) in [5.74, 6) is -0.0637. The predicted octanol–water partition coefficient (Wildman–Crippen LogP) is 2.16. The molecule has 0 saturated heterocycles. The second-order valence-electron chi connectivity index (χ2n) is 3.36. The maximum atomic E-state index is 12.4. The van der Waals surface area contributed by atoms with E-state index in [0.717, 1.165) is 0 Å². The molecule has 1 heterocycles. The van der Waals surface area contributed by atoms with Gasteiger partial charge in [-0.3, -0.25) is 0 Å². The molecule has 0 radical (unpaired) electrons. The Kier molecular flexibility index (Phi) is 3.35. The Morgan fingerprint density at radius 1 is 1.33 bits per heavy atom. The van der Waals surface area contributed by atoms with Crippen molar-refractivity contribution in [2.24, 2.45) is 3.77 Å². The zero-order valence-corrected chi connectivity index (χ0v) is 11.6. The number of aromatic nitrogens is 1. The van der Waals surface area contributed by atoms with Crippen molar-refractivity contribution in [1.29, 1.82) is 0 Å². The smallest absolute Gasteiger partial charge is 0.348 e. The maximum absolute atomic E-state index is 12.4. The fraction of sp³-hybridized carbons (Fsp3) is 0.222. The zero-order chi connectivity index (χ0) is 13.4. The fourth-order valence-corrected chi connectivity index (χ4v) is 4.69. The molecule has 1 atom stereocenters. The first-order valence-electron chi connectivity index (χ1n) is 4.90. The lowest BCUT2D eigenvalue weighted by atomic mass is 10.3. The summed E-state index contributed by atoms with van der Waals surface area (Å²) in [7, 11) is -2.55. The molecule has 0 fully saturated rings. The highest BCUT2D eigenvalue weighted by atomic mass is 35.7. The summed E-state index contributed by atoms with van der Waals surface area (Å²) in [6.45, 7) is 1.52. The highest BCUT2D eigenvalue weighted by molar-refractivity contribution is 8.17. The number of oxazole rings is 1. The van der Waals surface area contributed by atoms with E-state index < -0.39 is 19.0 Å². The van der Waals surface area contributed by atoms with Gasteiger partial charge in [0.25, 0.3) is 5.22 Å². The Labute approximate surface area is 109 Å². The van der Waals surface area contributed by atoms with Crippen LogP contribution in [0.5, 0.6) is 0 Å². The lowest BCUT2D eigenvalue weighted by Gasteiger charge is -1.99. The van der Waals surface area contributed by atoms with Gasteiger partial charge in [0, 0.05) is 16.4 Å². The van der Waals surface area contributed by atoms with E-state index in [4.69, 9.17) is 15.1 Å². The topological polar surface area (TPSA) is 89.6 Å². The van der Waals surface area contributed by atoms with E-state index >= 15 is 0 Å². The molecule has 9 heteroatoms. The molecular weight excluding hydrogens is 300 g/mol. The van der Waals surface area contributed by atoms with Crippen LogP contribution in [0.2, 0.25) is 0 Å². The molecule has 6 nitrogen and oxygen atoms in total. The van der Waals surface area contributed by atoms with Crippen LogP contribution in [0.25, 0.3) is 11.1 Å². The maximum Gasteiger partial charge on any atom is 0.348 e. The molecule has 0 spiro atoms. The van der Waals surface area contributed by atoms with E-state index in [2.05, 4.69) is 8.75 Å². The van der Waals surface area contributed by atoms with Gasteiger partial charge in [0.15, 0.2) is 5.58 Å². The van der Waals surface area contributed by atoms with Gasteiger partial charge in [-0.05, 0) is 12.1 Å². The van der Waals surface area contributed by atoms with Crippen molar-refractivity contribution in [2.75, 3.05) is 5.75 Å². The van der Waals surface area contributed by atoms with Crippen LogP contribution < -0.4 is 0 Å². The summed E-state index contributed by atoms with van der Waals surface area (Å²) in [6.07, 6.45) is 0. The van der Waals surface area contributed by atoms with E-state index in [1.54, 1.807) is 24.3 Å². The van der Waals surface area contributed by atoms with Crippen LogP contribution in [0, 0.1) is 0 Å². The minimum absolute atomic E-state index is 0.0637. The molecule has 0 saturated carbocycles. The van der Waals surface area contributed by atoms with Gasteiger partial charge >= 0.3 is 9.24 Å². The van der Waals surface area contributed by atoms with Crippen LogP contribution in [0.3, 0.4) is 0 Å². The van der Waals surface area contributed by atoms with Crippen molar-refractivity contribution < 1.29 is 17.0 Å². The van der Waals surface area contributed by atoms with E-state index in [9.17, 15) is 12.6 Å². The zero-order valence-electron chi connectivity index (χ0n) is 9.24. The van der Waals surface area contributed by atoms with Crippen LogP contribution >= 0.6 is 10.7 Å². The Balaban J connectivity index is 2.72. The highest BCUT2D eigenvalue weighted by Crippen LogP contribution is 2.22. The molecule has 0 aliphatic heterocycles. The van der Waals surface area contributed by atoms with Crippen molar-refractivity contribution in [3.63, 3.8) is 0 Å². The third kappa shape index (κ3) is 2.65. The molecule has 0 aliphatic rings. The SMILES string of the molecule is CCS(=O)(=NS(=O)(=O)Cl)c1nc2ccccc2o1. The summed E-state index contributed by atoms with van der Waals surface area (Å²) >= 11 is 0. The van der Waals surface area contributed by atoms with Crippen molar-refractivity contribution >= 4 is 40.7 Å². The third-order valence-corrected chi connectivity index (χ3v) is 5.83. The molecule has 0 N–H and O–H groups in total. The van der Waals surface area contributed by atoms with Crippen LogP contribution in [0.15, 0.2) is 37.7 Å². The molecule has 0 bridgehead atoms. The van der Waals surface area contributed by atoms with Gasteiger partial charge in [-0.2, -0.15) is 8.42 Å². The fourth-order valence-electron chi connectivity index (χ4n) is 1.34. The van der Waals surface area contributed by atoms with Gasteiger partial charge in [-0.15, -0.1) is 0 Å². The van der Waals surface area contributed by atoms with E-state index in [1.165, 1.54) is 6.92 Å². The normalized spacial score (nSPS) is 15.4. The predicted molar refractivity (Wildman–Crippen MR) is 68.2 cm³/mol. The average molecular weight is 309 g/mol.